The van der Waals surface area contributed by atoms with E-state index in [1.807, 2.05) is 0 Å². The van der Waals surface area contributed by atoms with Crippen molar-refractivity contribution >= 4 is 22.4 Å². The van der Waals surface area contributed by atoms with Crippen LogP contribution in [0.4, 0.5) is 5.13 Å². The van der Waals surface area contributed by atoms with E-state index >= 15 is 0 Å². The number of carbonyl (C=O) groups excluding carboxylic acids is 1. The second-order valence-corrected chi connectivity index (χ2v) is 5.78. The van der Waals surface area contributed by atoms with Crippen LogP contribution in [-0.4, -0.2) is 22.6 Å². The number of carbonyl (C=O) groups is 1. The highest BCUT2D eigenvalue weighted by Crippen LogP contribution is 2.24. The number of aromatic nitrogens is 2. The molecule has 0 aliphatic heterocycles. The second-order valence-electron chi connectivity index (χ2n) is 4.77. The topological polar surface area (TPSA) is 80.9 Å². The van der Waals surface area contributed by atoms with Gasteiger partial charge in [0.15, 0.2) is 0 Å². The zero-order valence-electron chi connectivity index (χ0n) is 10.1. The van der Waals surface area contributed by atoms with Crippen molar-refractivity contribution in [2.24, 2.45) is 11.3 Å². The quantitative estimate of drug-likeness (QED) is 0.839. The normalized spacial score (nSPS) is 11.8. The Hall–Kier alpha value is -1.17. The molecular formula is C10H18N4OS. The number of nitrogens with zero attached hydrogens (tertiary/aromatic N) is 2. The number of rotatable bonds is 4. The van der Waals surface area contributed by atoms with Crippen LogP contribution in [0.5, 0.6) is 0 Å². The maximum atomic E-state index is 11.7. The molecule has 0 unspecified atom stereocenters. The summed E-state index contributed by atoms with van der Waals surface area (Å²) < 4.78 is 0. The van der Waals surface area contributed by atoms with Crippen LogP contribution in [0.1, 0.15) is 37.5 Å². The molecule has 3 N–H and O–H groups in total. The molecule has 0 aromatic carbocycles. The summed E-state index contributed by atoms with van der Waals surface area (Å²) in [6, 6.07) is 0. The molecule has 1 rings (SSSR count). The molecule has 1 heterocycles. The highest BCUT2D eigenvalue weighted by molar-refractivity contribution is 7.16. The summed E-state index contributed by atoms with van der Waals surface area (Å²) >= 11 is 1.10. The number of nitrogen functional groups attached to an aromatic ring is 1. The van der Waals surface area contributed by atoms with E-state index in [-0.39, 0.29) is 11.3 Å². The highest BCUT2D eigenvalue weighted by atomic mass is 32.1. The molecule has 1 aromatic heterocycles. The van der Waals surface area contributed by atoms with Gasteiger partial charge in [-0.15, -0.1) is 10.2 Å². The first-order chi connectivity index (χ1) is 7.33. The molecule has 0 radical (unpaired) electrons. The van der Waals surface area contributed by atoms with E-state index in [0.29, 0.717) is 22.6 Å². The van der Waals surface area contributed by atoms with Gasteiger partial charge in [0.25, 0.3) is 5.91 Å². The van der Waals surface area contributed by atoms with Gasteiger partial charge in [0, 0.05) is 6.54 Å². The van der Waals surface area contributed by atoms with E-state index in [1.54, 1.807) is 0 Å². The summed E-state index contributed by atoms with van der Waals surface area (Å²) in [7, 11) is 0. The van der Waals surface area contributed by atoms with Crippen molar-refractivity contribution in [3.63, 3.8) is 0 Å². The van der Waals surface area contributed by atoms with Crippen molar-refractivity contribution in [3.05, 3.63) is 5.01 Å². The van der Waals surface area contributed by atoms with E-state index < -0.39 is 0 Å². The molecule has 0 atom stereocenters. The molecule has 0 aliphatic rings. The van der Waals surface area contributed by atoms with Gasteiger partial charge in [0.1, 0.15) is 0 Å². The van der Waals surface area contributed by atoms with Crippen LogP contribution in [0, 0.1) is 11.3 Å². The zero-order chi connectivity index (χ0) is 12.3. The Morgan fingerprint density at radius 2 is 2.12 bits per heavy atom. The summed E-state index contributed by atoms with van der Waals surface area (Å²) in [5.74, 6) is 0.287. The molecule has 1 aromatic rings. The number of hydrogen-bond acceptors (Lipinski definition) is 5. The molecule has 90 valence electrons. The van der Waals surface area contributed by atoms with Gasteiger partial charge in [0.2, 0.25) is 10.1 Å². The lowest BCUT2D eigenvalue weighted by Gasteiger charge is -2.29. The molecule has 0 bridgehead atoms. The first kappa shape index (κ1) is 12.9. The van der Waals surface area contributed by atoms with E-state index in [0.717, 1.165) is 11.3 Å². The van der Waals surface area contributed by atoms with Crippen LogP contribution in [0.25, 0.3) is 0 Å². The lowest BCUT2D eigenvalue weighted by atomic mass is 9.81. The van der Waals surface area contributed by atoms with Crippen molar-refractivity contribution in [1.29, 1.82) is 0 Å². The molecule has 0 saturated heterocycles. The zero-order valence-corrected chi connectivity index (χ0v) is 10.9. The lowest BCUT2D eigenvalue weighted by molar-refractivity contribution is 0.0923. The highest BCUT2D eigenvalue weighted by Gasteiger charge is 2.23. The fourth-order valence-corrected chi connectivity index (χ4v) is 1.44. The van der Waals surface area contributed by atoms with Crippen LogP contribution < -0.4 is 11.1 Å². The van der Waals surface area contributed by atoms with Gasteiger partial charge in [-0.25, -0.2) is 0 Å². The third-order valence-electron chi connectivity index (χ3n) is 2.90. The first-order valence-electron chi connectivity index (χ1n) is 5.20. The van der Waals surface area contributed by atoms with E-state index in [1.165, 1.54) is 0 Å². The minimum atomic E-state index is -0.206. The summed E-state index contributed by atoms with van der Waals surface area (Å²) in [6.07, 6.45) is 0. The minimum Gasteiger partial charge on any atom is -0.374 e. The Balaban J connectivity index is 2.54. The van der Waals surface area contributed by atoms with Gasteiger partial charge in [-0.1, -0.05) is 39.0 Å². The van der Waals surface area contributed by atoms with Crippen LogP contribution in [0.15, 0.2) is 0 Å². The number of amides is 1. The van der Waals surface area contributed by atoms with Crippen molar-refractivity contribution in [3.8, 4) is 0 Å². The van der Waals surface area contributed by atoms with Gasteiger partial charge in [-0.05, 0) is 11.3 Å². The van der Waals surface area contributed by atoms with Crippen LogP contribution in [0.3, 0.4) is 0 Å². The predicted octanol–water partition coefficient (Wildman–Crippen LogP) is 1.53. The fraction of sp³-hybridized carbons (Fsp3) is 0.700. The van der Waals surface area contributed by atoms with Gasteiger partial charge in [-0.2, -0.15) is 0 Å². The molecule has 5 nitrogen and oxygen atoms in total. The van der Waals surface area contributed by atoms with Crippen molar-refractivity contribution in [2.45, 2.75) is 27.7 Å². The number of nitrogens with two attached hydrogens (primary N) is 1. The molecule has 16 heavy (non-hydrogen) atoms. The Morgan fingerprint density at radius 3 is 2.56 bits per heavy atom. The Bertz CT molecular complexity index is 373. The minimum absolute atomic E-state index is 0.0614. The van der Waals surface area contributed by atoms with Crippen LogP contribution in [0.2, 0.25) is 0 Å². The van der Waals surface area contributed by atoms with Gasteiger partial charge in [0.05, 0.1) is 0 Å². The van der Waals surface area contributed by atoms with Gasteiger partial charge < -0.3 is 11.1 Å². The standard InChI is InChI=1S/C10H18N4OS/c1-6(2)10(3,4)5-12-7(15)8-13-14-9(11)16-8/h6H,5H2,1-4H3,(H2,11,14)(H,12,15). The monoisotopic (exact) mass is 242 g/mol. The van der Waals surface area contributed by atoms with E-state index in [9.17, 15) is 4.79 Å². The average molecular weight is 242 g/mol. The van der Waals surface area contributed by atoms with Gasteiger partial charge >= 0.3 is 0 Å². The second kappa shape index (κ2) is 4.78. The molecule has 0 spiro atoms. The maximum Gasteiger partial charge on any atom is 0.282 e. The summed E-state index contributed by atoms with van der Waals surface area (Å²) in [5.41, 5.74) is 5.47. The smallest absolute Gasteiger partial charge is 0.282 e. The lowest BCUT2D eigenvalue weighted by Crippen LogP contribution is -2.36. The Morgan fingerprint density at radius 1 is 1.50 bits per heavy atom. The number of nitrogens with one attached hydrogen (secondary N) is 1. The van der Waals surface area contributed by atoms with E-state index in [4.69, 9.17) is 5.73 Å². The summed E-state index contributed by atoms with van der Waals surface area (Å²) in [5, 5.41) is 10.8. The molecule has 1 amide bonds. The van der Waals surface area contributed by atoms with E-state index in [2.05, 4.69) is 43.2 Å². The molecule has 0 aliphatic carbocycles. The first-order valence-corrected chi connectivity index (χ1v) is 6.02. The maximum absolute atomic E-state index is 11.7. The average Bonchev–Trinajstić information content (AvgIpc) is 2.61. The molecule has 6 heteroatoms. The fourth-order valence-electron chi connectivity index (χ4n) is 0.914. The van der Waals surface area contributed by atoms with Crippen LogP contribution >= 0.6 is 11.3 Å². The third kappa shape index (κ3) is 3.16. The van der Waals surface area contributed by atoms with Crippen molar-refractivity contribution in [2.75, 3.05) is 12.3 Å². The SMILES string of the molecule is CC(C)C(C)(C)CNC(=O)c1nnc(N)s1. The molecular weight excluding hydrogens is 224 g/mol. The Kier molecular flexibility index (Phi) is 3.85. The molecule has 0 saturated carbocycles. The molecule has 0 fully saturated rings. The van der Waals surface area contributed by atoms with Crippen LogP contribution in [-0.2, 0) is 0 Å². The van der Waals surface area contributed by atoms with Gasteiger partial charge in [-0.3, -0.25) is 4.79 Å². The predicted molar refractivity (Wildman–Crippen MR) is 65.3 cm³/mol. The Labute approximate surface area is 99.5 Å². The largest absolute Gasteiger partial charge is 0.374 e. The summed E-state index contributed by atoms with van der Waals surface area (Å²) in [6.45, 7) is 9.12. The van der Waals surface area contributed by atoms with Crippen molar-refractivity contribution in [1.82, 2.24) is 15.5 Å². The third-order valence-corrected chi connectivity index (χ3v) is 3.65. The van der Waals surface area contributed by atoms with Crippen molar-refractivity contribution < 1.29 is 4.79 Å². The summed E-state index contributed by atoms with van der Waals surface area (Å²) in [4.78, 5) is 11.7. The number of anilines is 1. The number of hydrogen-bond donors (Lipinski definition) is 2.